The van der Waals surface area contributed by atoms with Crippen LogP contribution in [0.25, 0.3) is 0 Å². The van der Waals surface area contributed by atoms with Gasteiger partial charge in [0.15, 0.2) is 0 Å². The largest absolute Gasteiger partial charge is 0.483 e. The number of pyridine rings is 1. The molecule has 0 spiro atoms. The molecule has 2 aliphatic rings. The zero-order chi connectivity index (χ0) is 23.3. The van der Waals surface area contributed by atoms with Crippen molar-refractivity contribution in [3.05, 3.63) is 59.5 Å². The number of ether oxygens (including phenoxy) is 1. The summed E-state index contributed by atoms with van der Waals surface area (Å²) in [5.41, 5.74) is 0.946. The minimum atomic E-state index is -0.998. The number of nitrogens with zero attached hydrogens (tertiary/aromatic N) is 3. The molecular weight excluding hydrogens is 421 g/mol. The lowest BCUT2D eigenvalue weighted by Gasteiger charge is -2.30. The third-order valence-corrected chi connectivity index (χ3v) is 5.76. The van der Waals surface area contributed by atoms with Gasteiger partial charge in [-0.15, -0.1) is 0 Å². The van der Waals surface area contributed by atoms with Crippen LogP contribution in [0.3, 0.4) is 0 Å². The topological polar surface area (TPSA) is 120 Å². The Labute approximate surface area is 184 Å². The Morgan fingerprint density at radius 2 is 2.00 bits per heavy atom. The number of halogens is 1. The van der Waals surface area contributed by atoms with Crippen LogP contribution in [0.4, 0.5) is 10.2 Å². The number of likely N-dealkylation sites (tertiary alicyclic amines) is 1. The van der Waals surface area contributed by atoms with Gasteiger partial charge in [-0.3, -0.25) is 9.59 Å². The third-order valence-electron chi connectivity index (χ3n) is 5.76. The van der Waals surface area contributed by atoms with Gasteiger partial charge in [0.2, 0.25) is 5.91 Å². The maximum absolute atomic E-state index is 13.9. The van der Waals surface area contributed by atoms with Crippen LogP contribution in [0.1, 0.15) is 22.0 Å². The maximum Gasteiger partial charge on any atom is 0.335 e. The molecule has 3 heterocycles. The number of anilines is 1. The molecule has 0 bridgehead atoms. The minimum absolute atomic E-state index is 0.0167. The summed E-state index contributed by atoms with van der Waals surface area (Å²) in [5.74, 6) is -0.578. The highest BCUT2D eigenvalue weighted by Crippen LogP contribution is 2.45. The Balaban J connectivity index is 0.000000913. The van der Waals surface area contributed by atoms with Crippen molar-refractivity contribution < 1.29 is 33.7 Å². The van der Waals surface area contributed by atoms with Crippen molar-refractivity contribution in [2.24, 2.45) is 11.8 Å². The van der Waals surface area contributed by atoms with Crippen LogP contribution < -0.4 is 4.90 Å². The van der Waals surface area contributed by atoms with Crippen molar-refractivity contribution in [1.29, 1.82) is 0 Å². The summed E-state index contributed by atoms with van der Waals surface area (Å²) < 4.78 is 18.9. The molecule has 10 heteroatoms. The number of carbonyl (C=O) groups excluding carboxylic acids is 1. The number of hydrogen-bond donors (Lipinski definition) is 2. The fourth-order valence-corrected chi connectivity index (χ4v) is 4.54. The quantitative estimate of drug-likeness (QED) is 0.670. The second-order valence-electron chi connectivity index (χ2n) is 7.62. The van der Waals surface area contributed by atoms with Gasteiger partial charge >= 0.3 is 5.97 Å². The molecular formula is C22H24FN3O6. The van der Waals surface area contributed by atoms with Crippen LogP contribution in [0.2, 0.25) is 0 Å². The molecule has 0 unspecified atom stereocenters. The number of hydrogen-bond acceptors (Lipinski definition) is 6. The summed E-state index contributed by atoms with van der Waals surface area (Å²) in [4.78, 5) is 40.4. The number of methoxy groups -OCH3 is 1. The molecule has 2 aromatic rings. The van der Waals surface area contributed by atoms with Gasteiger partial charge in [0.05, 0.1) is 11.6 Å². The maximum atomic E-state index is 13.9. The van der Waals surface area contributed by atoms with E-state index in [2.05, 4.69) is 4.98 Å². The number of aromatic carboxylic acids is 1. The predicted octanol–water partition coefficient (Wildman–Crippen LogP) is 1.90. The van der Waals surface area contributed by atoms with E-state index in [1.54, 1.807) is 17.0 Å². The summed E-state index contributed by atoms with van der Waals surface area (Å²) in [6, 6.07) is 9.13. The molecule has 0 saturated carbocycles. The normalized spacial score (nSPS) is 21.5. The van der Waals surface area contributed by atoms with E-state index < -0.39 is 5.97 Å². The van der Waals surface area contributed by atoms with Crippen molar-refractivity contribution >= 4 is 24.2 Å². The Kier molecular flexibility index (Phi) is 7.37. The molecule has 2 N–H and O–H groups in total. The Morgan fingerprint density at radius 1 is 1.25 bits per heavy atom. The van der Waals surface area contributed by atoms with Crippen LogP contribution in [0, 0.1) is 17.7 Å². The fraction of sp³-hybridized carbons (Fsp3) is 0.364. The number of aromatic nitrogens is 1. The molecule has 2 aliphatic heterocycles. The first-order chi connectivity index (χ1) is 15.4. The summed E-state index contributed by atoms with van der Waals surface area (Å²) in [6.45, 7) is 1.54. The first kappa shape index (κ1) is 23.1. The Bertz CT molecular complexity index is 988. The average Bonchev–Trinajstić information content (AvgIpc) is 3.33. The molecule has 32 heavy (non-hydrogen) atoms. The van der Waals surface area contributed by atoms with Crippen molar-refractivity contribution in [2.75, 3.05) is 38.3 Å². The van der Waals surface area contributed by atoms with Crippen molar-refractivity contribution in [1.82, 2.24) is 9.88 Å². The van der Waals surface area contributed by atoms with E-state index in [4.69, 9.17) is 14.6 Å². The van der Waals surface area contributed by atoms with Crippen LogP contribution in [0.5, 0.6) is 0 Å². The molecule has 1 amide bonds. The average molecular weight is 445 g/mol. The number of carbonyl (C=O) groups is 3. The van der Waals surface area contributed by atoms with Gasteiger partial charge < -0.3 is 24.7 Å². The van der Waals surface area contributed by atoms with Gasteiger partial charge in [0.1, 0.15) is 18.2 Å². The van der Waals surface area contributed by atoms with Crippen molar-refractivity contribution in [3.63, 3.8) is 0 Å². The highest BCUT2D eigenvalue weighted by atomic mass is 19.1. The van der Waals surface area contributed by atoms with Crippen LogP contribution in [-0.4, -0.2) is 71.8 Å². The zero-order valence-corrected chi connectivity index (χ0v) is 17.4. The molecule has 0 aliphatic carbocycles. The van der Waals surface area contributed by atoms with E-state index in [0.717, 1.165) is 5.56 Å². The summed E-state index contributed by atoms with van der Waals surface area (Å²) in [5, 5.41) is 16.1. The lowest BCUT2D eigenvalue weighted by molar-refractivity contribution is -0.136. The number of carboxylic acid groups (broad SMARTS) is 2. The number of benzene rings is 1. The highest BCUT2D eigenvalue weighted by Gasteiger charge is 2.49. The van der Waals surface area contributed by atoms with Gasteiger partial charge in [-0.25, -0.2) is 14.2 Å². The number of carboxylic acids is 1. The van der Waals surface area contributed by atoms with E-state index in [1.165, 1.54) is 31.5 Å². The van der Waals surface area contributed by atoms with E-state index >= 15 is 0 Å². The summed E-state index contributed by atoms with van der Waals surface area (Å²) in [7, 11) is 1.48. The second-order valence-corrected chi connectivity index (χ2v) is 7.62. The first-order valence-electron chi connectivity index (χ1n) is 9.95. The molecule has 0 radical (unpaired) electrons. The minimum Gasteiger partial charge on any atom is -0.483 e. The smallest absolute Gasteiger partial charge is 0.335 e. The summed E-state index contributed by atoms with van der Waals surface area (Å²) in [6.07, 6.45) is 1.49. The van der Waals surface area contributed by atoms with Crippen LogP contribution in [-0.2, 0) is 14.3 Å². The molecule has 9 nitrogen and oxygen atoms in total. The van der Waals surface area contributed by atoms with E-state index in [1.807, 2.05) is 11.0 Å². The molecule has 4 rings (SSSR count). The van der Waals surface area contributed by atoms with Gasteiger partial charge in [-0.2, -0.15) is 0 Å². The number of rotatable bonds is 5. The Hall–Kier alpha value is -3.53. The lowest BCUT2D eigenvalue weighted by Crippen LogP contribution is -2.37. The standard InChI is InChI=1S/C21H22FN3O4.CH2O2/c1-29-12-19(26)25-10-15-9-24(18-8-14(21(27)28)5-6-23-18)11-17(15)20(25)13-3-2-4-16(22)7-13;2-1-3/h2-8,15,17,20H,9-12H2,1H3,(H,27,28);1H,(H,2,3)/t15-,17-,20+;/m1./s1. The van der Waals surface area contributed by atoms with Crippen LogP contribution >= 0.6 is 0 Å². The third kappa shape index (κ3) is 4.86. The van der Waals surface area contributed by atoms with Crippen molar-refractivity contribution in [2.45, 2.75) is 6.04 Å². The van der Waals surface area contributed by atoms with Gasteiger partial charge in [-0.1, -0.05) is 12.1 Å². The molecule has 2 saturated heterocycles. The number of amides is 1. The number of fused-ring (bicyclic) bond motifs is 1. The monoisotopic (exact) mass is 445 g/mol. The highest BCUT2D eigenvalue weighted by molar-refractivity contribution is 5.88. The summed E-state index contributed by atoms with van der Waals surface area (Å²) >= 11 is 0. The van der Waals surface area contributed by atoms with Gasteiger partial charge in [0, 0.05) is 44.8 Å². The van der Waals surface area contributed by atoms with Gasteiger partial charge in [0.25, 0.3) is 6.47 Å². The van der Waals surface area contributed by atoms with E-state index in [9.17, 15) is 19.1 Å². The van der Waals surface area contributed by atoms with Gasteiger partial charge in [-0.05, 0) is 29.8 Å². The molecule has 3 atom stereocenters. The van der Waals surface area contributed by atoms with E-state index in [0.29, 0.717) is 25.5 Å². The molecule has 1 aromatic carbocycles. The first-order valence-corrected chi connectivity index (χ1v) is 9.95. The lowest BCUT2D eigenvalue weighted by atomic mass is 9.89. The zero-order valence-electron chi connectivity index (χ0n) is 17.4. The fourth-order valence-electron chi connectivity index (χ4n) is 4.54. The Morgan fingerprint density at radius 3 is 2.66 bits per heavy atom. The van der Waals surface area contributed by atoms with Crippen LogP contribution in [0.15, 0.2) is 42.6 Å². The molecule has 2 fully saturated rings. The second kappa shape index (κ2) is 10.2. The van der Waals surface area contributed by atoms with Crippen molar-refractivity contribution in [3.8, 4) is 0 Å². The SMILES string of the molecule is COCC(=O)N1C[C@H]2CN(c3cc(C(=O)O)ccn3)C[C@H]2[C@@H]1c1cccc(F)c1.O=CO. The molecule has 170 valence electrons. The predicted molar refractivity (Wildman–Crippen MR) is 112 cm³/mol. The molecule has 1 aromatic heterocycles. The van der Waals surface area contributed by atoms with E-state index in [-0.39, 0.29) is 48.2 Å².